The average Bonchev–Trinajstić information content (AvgIpc) is 2.75. The van der Waals surface area contributed by atoms with Gasteiger partial charge in [-0.2, -0.15) is 4.37 Å². The number of rotatable bonds is 4. The molecule has 19 heavy (non-hydrogen) atoms. The Labute approximate surface area is 118 Å². The minimum absolute atomic E-state index is 0.0227. The number of nitrogens with zero attached hydrogens (tertiary/aromatic N) is 2. The standard InChI is InChI=1S/C12H10ClN3O2S/c1-7(17)5-10-14-12(19-16-10)15-11(18)8-3-2-4-9(13)6-8/h2-4,6H,5H2,1H3,(H,14,15,16,18). The Bertz CT molecular complexity index is 627. The van der Waals surface area contributed by atoms with E-state index in [1.165, 1.54) is 6.92 Å². The van der Waals surface area contributed by atoms with Crippen LogP contribution >= 0.6 is 23.1 Å². The summed E-state index contributed by atoms with van der Waals surface area (Å²) in [5.41, 5.74) is 0.441. The average molecular weight is 296 g/mol. The van der Waals surface area contributed by atoms with Gasteiger partial charge >= 0.3 is 0 Å². The van der Waals surface area contributed by atoms with Crippen LogP contribution in [0.15, 0.2) is 24.3 Å². The van der Waals surface area contributed by atoms with Crippen LogP contribution < -0.4 is 5.32 Å². The first-order valence-electron chi connectivity index (χ1n) is 5.43. The highest BCUT2D eigenvalue weighted by Gasteiger charge is 2.11. The monoisotopic (exact) mass is 295 g/mol. The summed E-state index contributed by atoms with van der Waals surface area (Å²) in [6, 6.07) is 6.60. The van der Waals surface area contributed by atoms with Crippen LogP contribution in [0.4, 0.5) is 5.13 Å². The van der Waals surface area contributed by atoms with E-state index in [0.29, 0.717) is 21.5 Å². The topological polar surface area (TPSA) is 72.0 Å². The van der Waals surface area contributed by atoms with Gasteiger partial charge in [0.05, 0.1) is 6.42 Å². The first kappa shape index (κ1) is 13.6. The third-order valence-electron chi connectivity index (χ3n) is 2.18. The van der Waals surface area contributed by atoms with Crippen LogP contribution in [0, 0.1) is 0 Å². The molecule has 1 aromatic carbocycles. The molecule has 98 valence electrons. The molecule has 1 N–H and O–H groups in total. The number of benzene rings is 1. The van der Waals surface area contributed by atoms with E-state index in [1.807, 2.05) is 0 Å². The van der Waals surface area contributed by atoms with Gasteiger partial charge in [0.1, 0.15) is 5.78 Å². The number of halogens is 1. The number of amides is 1. The van der Waals surface area contributed by atoms with Gasteiger partial charge in [-0.15, -0.1) is 0 Å². The van der Waals surface area contributed by atoms with E-state index in [0.717, 1.165) is 11.5 Å². The minimum atomic E-state index is -0.312. The third kappa shape index (κ3) is 3.84. The van der Waals surface area contributed by atoms with Gasteiger partial charge in [-0.1, -0.05) is 17.7 Å². The number of hydrogen-bond acceptors (Lipinski definition) is 5. The molecule has 0 fully saturated rings. The highest BCUT2D eigenvalue weighted by molar-refractivity contribution is 7.09. The van der Waals surface area contributed by atoms with Crippen LogP contribution in [0.25, 0.3) is 0 Å². The van der Waals surface area contributed by atoms with E-state index in [-0.39, 0.29) is 18.1 Å². The zero-order chi connectivity index (χ0) is 13.8. The third-order valence-corrected chi connectivity index (χ3v) is 3.09. The van der Waals surface area contributed by atoms with Crippen molar-refractivity contribution in [1.29, 1.82) is 0 Å². The van der Waals surface area contributed by atoms with Gasteiger partial charge in [0.15, 0.2) is 5.82 Å². The van der Waals surface area contributed by atoms with Crippen molar-refractivity contribution in [2.45, 2.75) is 13.3 Å². The van der Waals surface area contributed by atoms with E-state index < -0.39 is 0 Å². The summed E-state index contributed by atoms with van der Waals surface area (Å²) >= 11 is 6.85. The van der Waals surface area contributed by atoms with Crippen molar-refractivity contribution in [3.63, 3.8) is 0 Å². The molecule has 0 spiro atoms. The van der Waals surface area contributed by atoms with Gasteiger partial charge in [-0.05, 0) is 25.1 Å². The second-order valence-electron chi connectivity index (χ2n) is 3.86. The summed E-state index contributed by atoms with van der Waals surface area (Å²) in [4.78, 5) is 26.9. The zero-order valence-corrected chi connectivity index (χ0v) is 11.6. The summed E-state index contributed by atoms with van der Waals surface area (Å²) in [7, 11) is 0. The summed E-state index contributed by atoms with van der Waals surface area (Å²) in [5.74, 6) is 0.0810. The second-order valence-corrected chi connectivity index (χ2v) is 5.05. The largest absolute Gasteiger partial charge is 0.300 e. The van der Waals surface area contributed by atoms with Gasteiger partial charge in [0.2, 0.25) is 5.13 Å². The van der Waals surface area contributed by atoms with E-state index in [1.54, 1.807) is 24.3 Å². The first-order valence-corrected chi connectivity index (χ1v) is 6.58. The molecule has 7 heteroatoms. The molecule has 2 aromatic rings. The van der Waals surface area contributed by atoms with Crippen molar-refractivity contribution in [2.24, 2.45) is 0 Å². The number of carbonyl (C=O) groups is 2. The molecule has 0 radical (unpaired) electrons. The number of anilines is 1. The van der Waals surface area contributed by atoms with Crippen molar-refractivity contribution in [3.8, 4) is 0 Å². The van der Waals surface area contributed by atoms with Crippen LogP contribution in [0.3, 0.4) is 0 Å². The molecule has 0 aliphatic carbocycles. The van der Waals surface area contributed by atoms with Crippen molar-refractivity contribution in [1.82, 2.24) is 9.36 Å². The molecule has 0 saturated carbocycles. The Hall–Kier alpha value is -1.79. The predicted octanol–water partition coefficient (Wildman–Crippen LogP) is 2.58. The molecule has 0 aliphatic rings. The van der Waals surface area contributed by atoms with Crippen LogP contribution in [-0.2, 0) is 11.2 Å². The molecule has 2 rings (SSSR count). The number of ketones is 1. The number of carbonyl (C=O) groups excluding carboxylic acids is 2. The minimum Gasteiger partial charge on any atom is -0.300 e. The van der Waals surface area contributed by atoms with Crippen LogP contribution in [0.1, 0.15) is 23.1 Å². The van der Waals surface area contributed by atoms with Gasteiger partial charge in [0.25, 0.3) is 5.91 Å². The molecule has 1 amide bonds. The highest BCUT2D eigenvalue weighted by Crippen LogP contribution is 2.15. The lowest BCUT2D eigenvalue weighted by Gasteiger charge is -2.01. The molecule has 0 unspecified atom stereocenters. The van der Waals surface area contributed by atoms with Crippen LogP contribution in [-0.4, -0.2) is 21.0 Å². The number of hydrogen-bond donors (Lipinski definition) is 1. The zero-order valence-electron chi connectivity index (χ0n) is 10.0. The number of Topliss-reactive ketones (excluding diaryl/α,β-unsaturated/α-hetero) is 1. The normalized spacial score (nSPS) is 10.2. The summed E-state index contributed by atoms with van der Waals surface area (Å²) < 4.78 is 3.99. The smallest absolute Gasteiger partial charge is 0.257 e. The molecule has 1 aromatic heterocycles. The molecule has 0 saturated heterocycles. The maximum Gasteiger partial charge on any atom is 0.257 e. The van der Waals surface area contributed by atoms with Crippen molar-refractivity contribution in [3.05, 3.63) is 40.7 Å². The fraction of sp³-hybridized carbons (Fsp3) is 0.167. The molecular weight excluding hydrogens is 286 g/mol. The van der Waals surface area contributed by atoms with Gasteiger partial charge in [-0.25, -0.2) is 4.98 Å². The SMILES string of the molecule is CC(=O)Cc1nsc(NC(=O)c2cccc(Cl)c2)n1. The molecule has 0 atom stereocenters. The van der Waals surface area contributed by atoms with Crippen LogP contribution in [0.5, 0.6) is 0 Å². The Balaban J connectivity index is 2.06. The molecule has 0 bridgehead atoms. The van der Waals surface area contributed by atoms with Crippen molar-refractivity contribution >= 4 is 40.0 Å². The first-order chi connectivity index (χ1) is 9.04. The summed E-state index contributed by atoms with van der Waals surface area (Å²) in [6.45, 7) is 1.46. The summed E-state index contributed by atoms with van der Waals surface area (Å²) in [5, 5.41) is 3.47. The number of nitrogens with one attached hydrogen (secondary N) is 1. The summed E-state index contributed by atoms with van der Waals surface area (Å²) in [6.07, 6.45) is 0.170. The Morgan fingerprint density at radius 1 is 1.42 bits per heavy atom. The Morgan fingerprint density at radius 2 is 2.21 bits per heavy atom. The fourth-order valence-electron chi connectivity index (χ4n) is 1.40. The lowest BCUT2D eigenvalue weighted by molar-refractivity contribution is -0.116. The second kappa shape index (κ2) is 5.90. The molecular formula is C12H10ClN3O2S. The number of aromatic nitrogens is 2. The van der Waals surface area contributed by atoms with Crippen LogP contribution in [0.2, 0.25) is 5.02 Å². The van der Waals surface area contributed by atoms with E-state index >= 15 is 0 Å². The molecule has 1 heterocycles. The van der Waals surface area contributed by atoms with Crippen molar-refractivity contribution < 1.29 is 9.59 Å². The molecule has 0 aliphatic heterocycles. The van der Waals surface area contributed by atoms with E-state index in [2.05, 4.69) is 14.7 Å². The van der Waals surface area contributed by atoms with Gasteiger partial charge in [0, 0.05) is 22.1 Å². The van der Waals surface area contributed by atoms with Gasteiger partial charge in [-0.3, -0.25) is 14.9 Å². The highest BCUT2D eigenvalue weighted by atomic mass is 35.5. The van der Waals surface area contributed by atoms with E-state index in [4.69, 9.17) is 11.6 Å². The Kier molecular flexibility index (Phi) is 4.24. The molecule has 5 nitrogen and oxygen atoms in total. The quantitative estimate of drug-likeness (QED) is 0.941. The van der Waals surface area contributed by atoms with Crippen molar-refractivity contribution in [2.75, 3.05) is 5.32 Å². The predicted molar refractivity (Wildman–Crippen MR) is 73.7 cm³/mol. The lowest BCUT2D eigenvalue weighted by Crippen LogP contribution is -2.11. The van der Waals surface area contributed by atoms with Gasteiger partial charge < -0.3 is 0 Å². The maximum atomic E-state index is 11.9. The lowest BCUT2D eigenvalue weighted by atomic mass is 10.2. The maximum absolute atomic E-state index is 11.9. The van der Waals surface area contributed by atoms with E-state index in [9.17, 15) is 9.59 Å². The Morgan fingerprint density at radius 3 is 2.89 bits per heavy atom. The fourth-order valence-corrected chi connectivity index (χ4v) is 2.17.